The number of hydrogen-bond acceptors (Lipinski definition) is 6. The third-order valence-electron chi connectivity index (χ3n) is 5.33. The topological polar surface area (TPSA) is 44.3 Å². The number of fused-ring (bicyclic) bond motifs is 3. The quantitative estimate of drug-likeness (QED) is 0.874. The van der Waals surface area contributed by atoms with Crippen LogP contribution in [0.15, 0.2) is 29.9 Å². The summed E-state index contributed by atoms with van der Waals surface area (Å²) in [4.78, 5) is 14.3. The predicted molar refractivity (Wildman–Crippen MR) is 98.1 cm³/mol. The highest BCUT2D eigenvalue weighted by Crippen LogP contribution is 2.32. The molecule has 6 heteroatoms. The van der Waals surface area contributed by atoms with Gasteiger partial charge in [0.2, 0.25) is 0 Å². The van der Waals surface area contributed by atoms with Crippen LogP contribution >= 0.6 is 11.3 Å². The van der Waals surface area contributed by atoms with E-state index in [2.05, 4.69) is 31.5 Å². The summed E-state index contributed by atoms with van der Waals surface area (Å²) in [7, 11) is 1.93. The minimum absolute atomic E-state index is 0.632. The van der Waals surface area contributed by atoms with Crippen molar-refractivity contribution in [1.82, 2.24) is 19.8 Å². The number of piperidine rings is 3. The van der Waals surface area contributed by atoms with Crippen molar-refractivity contribution in [2.24, 2.45) is 5.92 Å². The number of rotatable bonds is 6. The number of thiazole rings is 1. The Bertz CT molecular complexity index is 650. The average Bonchev–Trinajstić information content (AvgIpc) is 3.11. The van der Waals surface area contributed by atoms with Crippen molar-refractivity contribution in [3.63, 3.8) is 0 Å². The molecule has 128 valence electrons. The standard InChI is InChI=1S/C18H25N5S/c1-19-18-21-16(13-24-18)11-23(10-14-3-2-6-20-9-14)17-12-22-7-4-15(17)5-8-22/h2-3,6,9,13,15,17H,4-5,7-8,10-12H2,1H3,(H,19,21)/t17-/m1/s1. The van der Waals surface area contributed by atoms with E-state index < -0.39 is 0 Å². The van der Waals surface area contributed by atoms with Crippen LogP contribution < -0.4 is 5.32 Å². The van der Waals surface area contributed by atoms with E-state index >= 15 is 0 Å². The summed E-state index contributed by atoms with van der Waals surface area (Å²) in [5.41, 5.74) is 2.46. The molecule has 0 unspecified atom stereocenters. The molecule has 5 rings (SSSR count). The van der Waals surface area contributed by atoms with Gasteiger partial charge in [0.05, 0.1) is 5.69 Å². The molecule has 0 radical (unpaired) electrons. The molecule has 0 amide bonds. The Morgan fingerprint density at radius 2 is 2.21 bits per heavy atom. The third-order valence-corrected chi connectivity index (χ3v) is 6.24. The van der Waals surface area contributed by atoms with Crippen molar-refractivity contribution in [1.29, 1.82) is 0 Å². The second-order valence-corrected chi connectivity index (χ2v) is 7.72. The van der Waals surface area contributed by atoms with Gasteiger partial charge in [0.1, 0.15) is 0 Å². The maximum atomic E-state index is 4.70. The monoisotopic (exact) mass is 343 g/mol. The highest BCUT2D eigenvalue weighted by atomic mass is 32.1. The molecule has 1 N–H and O–H groups in total. The van der Waals surface area contributed by atoms with Crippen LogP contribution in [0.1, 0.15) is 24.1 Å². The van der Waals surface area contributed by atoms with Gasteiger partial charge in [-0.05, 0) is 43.5 Å². The van der Waals surface area contributed by atoms with Crippen LogP contribution in [0, 0.1) is 5.92 Å². The van der Waals surface area contributed by atoms with Gasteiger partial charge in [-0.15, -0.1) is 11.3 Å². The number of anilines is 1. The molecule has 2 bridgehead atoms. The molecule has 0 saturated carbocycles. The van der Waals surface area contributed by atoms with Crippen LogP contribution in [0.3, 0.4) is 0 Å². The molecule has 3 aliphatic rings. The number of nitrogens with zero attached hydrogens (tertiary/aromatic N) is 4. The highest BCUT2D eigenvalue weighted by Gasteiger charge is 2.37. The lowest BCUT2D eigenvalue weighted by molar-refractivity contribution is -0.00307. The van der Waals surface area contributed by atoms with E-state index in [-0.39, 0.29) is 0 Å². The second-order valence-electron chi connectivity index (χ2n) is 6.87. The molecule has 2 aromatic rings. The first-order valence-electron chi connectivity index (χ1n) is 8.79. The van der Waals surface area contributed by atoms with Crippen LogP contribution in [-0.2, 0) is 13.1 Å². The van der Waals surface area contributed by atoms with Crippen LogP contribution in [0.5, 0.6) is 0 Å². The minimum Gasteiger partial charge on any atom is -0.365 e. The fourth-order valence-corrected chi connectivity index (χ4v) is 4.73. The Balaban J connectivity index is 1.54. The first-order valence-corrected chi connectivity index (χ1v) is 9.67. The Labute approximate surface area is 147 Å². The number of nitrogens with one attached hydrogen (secondary N) is 1. The maximum absolute atomic E-state index is 4.70. The fourth-order valence-electron chi connectivity index (χ4n) is 4.07. The first kappa shape index (κ1) is 16.0. The summed E-state index contributed by atoms with van der Waals surface area (Å²) in [5.74, 6) is 0.828. The summed E-state index contributed by atoms with van der Waals surface area (Å²) < 4.78 is 0. The van der Waals surface area contributed by atoms with E-state index in [1.807, 2.05) is 25.5 Å². The Hall–Kier alpha value is -1.50. The van der Waals surface area contributed by atoms with Crippen molar-refractivity contribution in [2.75, 3.05) is 32.0 Å². The fraction of sp³-hybridized carbons (Fsp3) is 0.556. The molecule has 5 heterocycles. The number of hydrogen-bond donors (Lipinski definition) is 1. The van der Waals surface area contributed by atoms with Gasteiger partial charge < -0.3 is 10.2 Å². The smallest absolute Gasteiger partial charge is 0.182 e. The summed E-state index contributed by atoms with van der Waals surface area (Å²) in [6, 6.07) is 4.85. The van der Waals surface area contributed by atoms with E-state index in [1.165, 1.54) is 43.7 Å². The summed E-state index contributed by atoms with van der Waals surface area (Å²) in [6.07, 6.45) is 6.52. The summed E-state index contributed by atoms with van der Waals surface area (Å²) in [5, 5.41) is 6.33. The normalized spacial score (nSPS) is 26.0. The molecule has 3 saturated heterocycles. The zero-order valence-electron chi connectivity index (χ0n) is 14.2. The molecule has 0 aromatic carbocycles. The van der Waals surface area contributed by atoms with Gasteiger partial charge in [0.25, 0.3) is 0 Å². The Morgan fingerprint density at radius 3 is 2.83 bits per heavy atom. The average molecular weight is 344 g/mol. The SMILES string of the molecule is CNc1nc(CN(Cc2cccnc2)[C@@H]2CN3CCC2CC3)cs1. The van der Waals surface area contributed by atoms with E-state index in [9.17, 15) is 0 Å². The van der Waals surface area contributed by atoms with Crippen molar-refractivity contribution >= 4 is 16.5 Å². The van der Waals surface area contributed by atoms with Gasteiger partial charge in [-0.3, -0.25) is 9.88 Å². The molecule has 0 spiro atoms. The van der Waals surface area contributed by atoms with E-state index in [0.717, 1.165) is 24.1 Å². The number of pyridine rings is 1. The molecule has 3 aliphatic heterocycles. The van der Waals surface area contributed by atoms with Gasteiger partial charge in [-0.25, -0.2) is 4.98 Å². The summed E-state index contributed by atoms with van der Waals surface area (Å²) >= 11 is 1.69. The third kappa shape index (κ3) is 3.45. The highest BCUT2D eigenvalue weighted by molar-refractivity contribution is 7.13. The zero-order chi connectivity index (χ0) is 16.4. The lowest BCUT2D eigenvalue weighted by atomic mass is 9.83. The van der Waals surface area contributed by atoms with Crippen molar-refractivity contribution in [3.05, 3.63) is 41.2 Å². The van der Waals surface area contributed by atoms with Crippen LogP contribution in [0.2, 0.25) is 0 Å². The van der Waals surface area contributed by atoms with Crippen molar-refractivity contribution in [3.8, 4) is 0 Å². The molecule has 24 heavy (non-hydrogen) atoms. The molecule has 1 atom stereocenters. The largest absolute Gasteiger partial charge is 0.365 e. The van der Waals surface area contributed by atoms with Gasteiger partial charge >= 0.3 is 0 Å². The van der Waals surface area contributed by atoms with Crippen LogP contribution in [0.4, 0.5) is 5.13 Å². The van der Waals surface area contributed by atoms with E-state index in [1.54, 1.807) is 11.3 Å². The molecule has 0 aliphatic carbocycles. The van der Waals surface area contributed by atoms with Gasteiger partial charge in [-0.2, -0.15) is 0 Å². The maximum Gasteiger partial charge on any atom is 0.182 e. The predicted octanol–water partition coefficient (Wildman–Crippen LogP) is 2.68. The lowest BCUT2D eigenvalue weighted by Crippen LogP contribution is -2.56. The molecule has 5 nitrogen and oxygen atoms in total. The summed E-state index contributed by atoms with van der Waals surface area (Å²) in [6.45, 7) is 5.64. The second kappa shape index (κ2) is 7.17. The Kier molecular flexibility index (Phi) is 4.78. The van der Waals surface area contributed by atoms with E-state index in [0.29, 0.717) is 6.04 Å². The van der Waals surface area contributed by atoms with E-state index in [4.69, 9.17) is 4.98 Å². The van der Waals surface area contributed by atoms with Crippen LogP contribution in [0.25, 0.3) is 0 Å². The van der Waals surface area contributed by atoms with Gasteiger partial charge in [-0.1, -0.05) is 6.07 Å². The molecule has 3 fully saturated rings. The lowest BCUT2D eigenvalue weighted by Gasteiger charge is -2.49. The van der Waals surface area contributed by atoms with Crippen molar-refractivity contribution < 1.29 is 0 Å². The Morgan fingerprint density at radius 1 is 1.33 bits per heavy atom. The van der Waals surface area contributed by atoms with Gasteiger partial charge in [0.15, 0.2) is 5.13 Å². The van der Waals surface area contributed by atoms with Crippen LogP contribution in [-0.4, -0.2) is 52.5 Å². The van der Waals surface area contributed by atoms with Crippen molar-refractivity contribution in [2.45, 2.75) is 32.0 Å². The molecule has 2 aromatic heterocycles. The minimum atomic E-state index is 0.632. The molecular formula is C18H25N5S. The number of aromatic nitrogens is 2. The van der Waals surface area contributed by atoms with Gasteiger partial charge in [0, 0.05) is 50.5 Å². The zero-order valence-corrected chi connectivity index (χ0v) is 15.0. The molecular weight excluding hydrogens is 318 g/mol. The first-order chi connectivity index (χ1) is 11.8.